The average Bonchev–Trinajstić information content (AvgIpc) is 2.48. The summed E-state index contributed by atoms with van der Waals surface area (Å²) in [7, 11) is 3.29. The Balaban J connectivity index is 2.09. The van der Waals surface area contributed by atoms with Crippen LogP contribution in [-0.2, 0) is 9.47 Å². The minimum atomic E-state index is -0.444. The van der Waals surface area contributed by atoms with Crippen molar-refractivity contribution in [1.29, 1.82) is 0 Å². The van der Waals surface area contributed by atoms with Gasteiger partial charge in [-0.1, -0.05) is 0 Å². The lowest BCUT2D eigenvalue weighted by Gasteiger charge is -2.28. The molecule has 20 heavy (non-hydrogen) atoms. The van der Waals surface area contributed by atoms with Gasteiger partial charge in [0, 0.05) is 20.2 Å². The van der Waals surface area contributed by atoms with Crippen LogP contribution in [0.4, 0.5) is 11.5 Å². The number of esters is 1. The van der Waals surface area contributed by atoms with Gasteiger partial charge >= 0.3 is 5.97 Å². The van der Waals surface area contributed by atoms with Crippen molar-refractivity contribution < 1.29 is 14.3 Å². The van der Waals surface area contributed by atoms with Gasteiger partial charge in [-0.25, -0.2) is 9.78 Å². The van der Waals surface area contributed by atoms with E-state index in [2.05, 4.69) is 4.98 Å². The van der Waals surface area contributed by atoms with E-state index >= 15 is 0 Å². The van der Waals surface area contributed by atoms with E-state index in [1.54, 1.807) is 6.07 Å². The molecule has 0 spiro atoms. The van der Waals surface area contributed by atoms with Crippen molar-refractivity contribution in [2.75, 3.05) is 44.5 Å². The summed E-state index contributed by atoms with van der Waals surface area (Å²) < 4.78 is 10.2. The standard InChI is InChI=1S/C14H21N3O3/c1-17(8-10-4-3-5-20-9-10)13-6-11(14(18)19-2)12(15)7-16-13/h6-7,10H,3-5,8-9,15H2,1-2H3. The molecule has 6 nitrogen and oxygen atoms in total. The van der Waals surface area contributed by atoms with Crippen molar-refractivity contribution in [2.45, 2.75) is 12.8 Å². The van der Waals surface area contributed by atoms with Gasteiger partial charge in [0.2, 0.25) is 0 Å². The SMILES string of the molecule is COC(=O)c1cc(N(C)CC2CCCOC2)ncc1N. The van der Waals surface area contributed by atoms with Crippen LogP contribution in [0.5, 0.6) is 0 Å². The zero-order valence-corrected chi connectivity index (χ0v) is 12.0. The Morgan fingerprint density at radius 2 is 2.45 bits per heavy atom. The Labute approximate surface area is 118 Å². The largest absolute Gasteiger partial charge is 0.465 e. The van der Waals surface area contributed by atoms with Crippen LogP contribution < -0.4 is 10.6 Å². The lowest BCUT2D eigenvalue weighted by molar-refractivity contribution is 0.0575. The summed E-state index contributed by atoms with van der Waals surface area (Å²) in [5.74, 6) is 0.764. The van der Waals surface area contributed by atoms with Gasteiger partial charge in [0.15, 0.2) is 0 Å². The Morgan fingerprint density at radius 1 is 1.65 bits per heavy atom. The quantitative estimate of drug-likeness (QED) is 0.837. The number of hydrogen-bond acceptors (Lipinski definition) is 6. The Bertz CT molecular complexity index is 473. The van der Waals surface area contributed by atoms with Crippen LogP contribution in [-0.4, -0.2) is 44.9 Å². The van der Waals surface area contributed by atoms with E-state index in [1.807, 2.05) is 11.9 Å². The predicted molar refractivity (Wildman–Crippen MR) is 76.8 cm³/mol. The molecule has 1 aliphatic heterocycles. The van der Waals surface area contributed by atoms with E-state index < -0.39 is 5.97 Å². The fourth-order valence-corrected chi connectivity index (χ4v) is 2.38. The van der Waals surface area contributed by atoms with Gasteiger partial charge in [0.1, 0.15) is 5.82 Å². The van der Waals surface area contributed by atoms with Gasteiger partial charge in [-0.15, -0.1) is 0 Å². The molecule has 6 heteroatoms. The minimum absolute atomic E-state index is 0.329. The molecule has 1 atom stereocenters. The summed E-state index contributed by atoms with van der Waals surface area (Å²) in [6.07, 6.45) is 3.75. The number of ether oxygens (including phenoxy) is 2. The lowest BCUT2D eigenvalue weighted by atomic mass is 10.0. The number of aromatic nitrogens is 1. The third kappa shape index (κ3) is 3.39. The van der Waals surface area contributed by atoms with E-state index in [9.17, 15) is 4.79 Å². The molecule has 2 heterocycles. The molecule has 0 bridgehead atoms. The van der Waals surface area contributed by atoms with Crippen LogP contribution in [0.3, 0.4) is 0 Å². The first-order chi connectivity index (χ1) is 9.61. The minimum Gasteiger partial charge on any atom is -0.465 e. The maximum atomic E-state index is 11.6. The maximum absolute atomic E-state index is 11.6. The van der Waals surface area contributed by atoms with Gasteiger partial charge in [-0.2, -0.15) is 0 Å². The Kier molecular flexibility index (Phi) is 4.79. The van der Waals surface area contributed by atoms with Gasteiger partial charge < -0.3 is 20.1 Å². The van der Waals surface area contributed by atoms with Crippen molar-refractivity contribution in [3.05, 3.63) is 17.8 Å². The number of hydrogen-bond donors (Lipinski definition) is 1. The van der Waals surface area contributed by atoms with E-state index in [4.69, 9.17) is 15.2 Å². The molecule has 1 saturated heterocycles. The number of nitrogens with two attached hydrogens (primary N) is 1. The Hall–Kier alpha value is -1.82. The zero-order valence-electron chi connectivity index (χ0n) is 12.0. The van der Waals surface area contributed by atoms with Crippen molar-refractivity contribution in [3.8, 4) is 0 Å². The molecule has 2 rings (SSSR count). The molecule has 0 aliphatic carbocycles. The lowest BCUT2D eigenvalue weighted by Crippen LogP contribution is -2.31. The second-order valence-electron chi connectivity index (χ2n) is 5.09. The van der Waals surface area contributed by atoms with Crippen LogP contribution >= 0.6 is 0 Å². The molecule has 1 aliphatic rings. The molecule has 1 aromatic rings. The van der Waals surface area contributed by atoms with Crippen LogP contribution in [0.2, 0.25) is 0 Å². The summed E-state index contributed by atoms with van der Waals surface area (Å²) in [4.78, 5) is 17.9. The molecule has 0 saturated carbocycles. The van der Waals surface area contributed by atoms with Crippen molar-refractivity contribution >= 4 is 17.5 Å². The van der Waals surface area contributed by atoms with Gasteiger partial charge in [-0.3, -0.25) is 0 Å². The van der Waals surface area contributed by atoms with Crippen molar-refractivity contribution in [3.63, 3.8) is 0 Å². The Morgan fingerprint density at radius 3 is 3.10 bits per heavy atom. The summed E-state index contributed by atoms with van der Waals surface area (Å²) >= 11 is 0. The predicted octanol–water partition coefficient (Wildman–Crippen LogP) is 1.31. The third-order valence-electron chi connectivity index (χ3n) is 3.50. The van der Waals surface area contributed by atoms with Crippen LogP contribution in [0, 0.1) is 5.92 Å². The summed E-state index contributed by atoms with van der Waals surface area (Å²) in [5, 5.41) is 0. The first-order valence-electron chi connectivity index (χ1n) is 6.74. The number of nitrogens with zero attached hydrogens (tertiary/aromatic N) is 2. The second-order valence-corrected chi connectivity index (χ2v) is 5.09. The van der Waals surface area contributed by atoms with Crippen molar-refractivity contribution in [2.24, 2.45) is 5.92 Å². The number of methoxy groups -OCH3 is 1. The van der Waals surface area contributed by atoms with Gasteiger partial charge in [0.25, 0.3) is 0 Å². The normalized spacial score (nSPS) is 18.6. The highest BCUT2D eigenvalue weighted by Gasteiger charge is 2.18. The number of carbonyl (C=O) groups excluding carboxylic acids is 1. The molecule has 1 unspecified atom stereocenters. The zero-order chi connectivity index (χ0) is 14.5. The molecule has 110 valence electrons. The highest BCUT2D eigenvalue weighted by Crippen LogP contribution is 2.21. The number of carbonyl (C=O) groups is 1. The fourth-order valence-electron chi connectivity index (χ4n) is 2.38. The first-order valence-corrected chi connectivity index (χ1v) is 6.74. The molecule has 0 amide bonds. The van der Waals surface area contributed by atoms with Crippen LogP contribution in [0.1, 0.15) is 23.2 Å². The van der Waals surface area contributed by atoms with Gasteiger partial charge in [0.05, 0.1) is 31.2 Å². The smallest absolute Gasteiger partial charge is 0.340 e. The third-order valence-corrected chi connectivity index (χ3v) is 3.50. The number of pyridine rings is 1. The molecule has 0 aromatic carbocycles. The summed E-state index contributed by atoms with van der Waals surface area (Å²) in [5.41, 5.74) is 6.43. The second kappa shape index (κ2) is 6.56. The van der Waals surface area contributed by atoms with E-state index in [1.165, 1.54) is 13.3 Å². The average molecular weight is 279 g/mol. The fraction of sp³-hybridized carbons (Fsp3) is 0.571. The molecule has 1 aromatic heterocycles. The maximum Gasteiger partial charge on any atom is 0.340 e. The summed E-state index contributed by atoms with van der Waals surface area (Å²) in [6.45, 7) is 2.48. The number of nitrogen functional groups attached to an aromatic ring is 1. The molecule has 2 N–H and O–H groups in total. The van der Waals surface area contributed by atoms with Crippen LogP contribution in [0.25, 0.3) is 0 Å². The first kappa shape index (κ1) is 14.6. The van der Waals surface area contributed by atoms with Gasteiger partial charge in [-0.05, 0) is 24.8 Å². The van der Waals surface area contributed by atoms with E-state index in [0.717, 1.165) is 32.6 Å². The molecular weight excluding hydrogens is 258 g/mol. The summed E-state index contributed by atoms with van der Waals surface area (Å²) in [6, 6.07) is 1.67. The van der Waals surface area contributed by atoms with E-state index in [0.29, 0.717) is 23.0 Å². The highest BCUT2D eigenvalue weighted by molar-refractivity contribution is 5.95. The topological polar surface area (TPSA) is 77.7 Å². The molecule has 0 radical (unpaired) electrons. The highest BCUT2D eigenvalue weighted by atomic mass is 16.5. The molecular formula is C14H21N3O3. The van der Waals surface area contributed by atoms with Crippen LogP contribution in [0.15, 0.2) is 12.3 Å². The monoisotopic (exact) mass is 279 g/mol. The number of anilines is 2. The molecule has 1 fully saturated rings. The van der Waals surface area contributed by atoms with E-state index in [-0.39, 0.29) is 0 Å². The van der Waals surface area contributed by atoms with Crippen molar-refractivity contribution in [1.82, 2.24) is 4.98 Å². The number of rotatable bonds is 4.